The third kappa shape index (κ3) is 8.60. The Kier molecular flexibility index (Phi) is 12.1. The molecule has 2 aliphatic rings. The highest BCUT2D eigenvalue weighted by Crippen LogP contribution is 2.43. The van der Waals surface area contributed by atoms with Crippen molar-refractivity contribution in [2.24, 2.45) is 23.7 Å². The monoisotopic (exact) mass is 486 g/mol. The fraction of sp³-hybridized carbons (Fsp3) is 0.781. The minimum Gasteiger partial charge on any atom is -0.491 e. The number of unbranched alkanes of at least 4 members (excludes halogenated alkanes) is 4. The number of rotatable bonds is 14. The maximum atomic E-state index is 14.4. The summed E-state index contributed by atoms with van der Waals surface area (Å²) in [5, 5.41) is 0. The predicted octanol–water partition coefficient (Wildman–Crippen LogP) is 9.86. The van der Waals surface area contributed by atoms with Crippen molar-refractivity contribution in [1.29, 1.82) is 0 Å². The predicted molar refractivity (Wildman–Crippen MR) is 145 cm³/mol. The van der Waals surface area contributed by atoms with Gasteiger partial charge in [0.1, 0.15) is 0 Å². The number of Topliss-reactive ketones (excluding diaryl/α,β-unsaturated/α-hetero) is 1. The van der Waals surface area contributed by atoms with Gasteiger partial charge in [-0.2, -0.15) is 0 Å². The minimum atomic E-state index is -0.397. The van der Waals surface area contributed by atoms with Gasteiger partial charge in [-0.1, -0.05) is 77.6 Å². The van der Waals surface area contributed by atoms with Gasteiger partial charge in [0.2, 0.25) is 0 Å². The van der Waals surface area contributed by atoms with E-state index in [-0.39, 0.29) is 11.5 Å². The van der Waals surface area contributed by atoms with Gasteiger partial charge < -0.3 is 4.74 Å². The van der Waals surface area contributed by atoms with Crippen LogP contribution in [0.15, 0.2) is 12.1 Å². The molecule has 0 saturated heterocycles. The Morgan fingerprint density at radius 3 is 2.00 bits per heavy atom. The average molecular weight is 487 g/mol. The van der Waals surface area contributed by atoms with E-state index in [0.717, 1.165) is 36.5 Å². The summed E-state index contributed by atoms with van der Waals surface area (Å²) < 4.78 is 19.7. The average Bonchev–Trinajstić information content (AvgIpc) is 2.87. The Balaban J connectivity index is 1.23. The van der Waals surface area contributed by atoms with E-state index in [1.807, 2.05) is 6.92 Å². The van der Waals surface area contributed by atoms with Crippen LogP contribution in [0, 0.1) is 36.4 Å². The molecule has 1 aromatic carbocycles. The summed E-state index contributed by atoms with van der Waals surface area (Å²) in [6.45, 7) is 6.27. The Bertz CT molecular complexity index is 757. The molecule has 0 amide bonds. The van der Waals surface area contributed by atoms with Gasteiger partial charge in [-0.05, 0) is 87.3 Å². The van der Waals surface area contributed by atoms with Crippen molar-refractivity contribution in [3.63, 3.8) is 0 Å². The second kappa shape index (κ2) is 15.0. The van der Waals surface area contributed by atoms with Crippen LogP contribution in [0.25, 0.3) is 0 Å². The Hall–Kier alpha value is -1.38. The summed E-state index contributed by atoms with van der Waals surface area (Å²) in [6.07, 6.45) is 22.5. The molecule has 0 unspecified atom stereocenters. The van der Waals surface area contributed by atoms with Gasteiger partial charge in [0.25, 0.3) is 0 Å². The molecule has 2 saturated carbocycles. The first kappa shape index (κ1) is 28.2. The molecule has 3 heteroatoms. The Labute approximate surface area is 214 Å². The smallest absolute Gasteiger partial charge is 0.168 e. The number of halogens is 1. The fourth-order valence-corrected chi connectivity index (χ4v) is 6.92. The summed E-state index contributed by atoms with van der Waals surface area (Å²) in [5.74, 6) is 3.95. The first-order valence-electron chi connectivity index (χ1n) is 15.0. The standard InChI is InChI=1S/C32H51FO2/c1-4-11-25-14-18-27(19-15-25)28-20-16-26(17-21-28)12-9-7-6-8-10-13-30(34)29-22-23-31(35-5-2)32(33)24(29)3/h22-23,25-28H,4-21H2,1-3H3. The second-order valence-electron chi connectivity index (χ2n) is 11.6. The van der Waals surface area contributed by atoms with E-state index in [2.05, 4.69) is 6.92 Å². The summed E-state index contributed by atoms with van der Waals surface area (Å²) in [7, 11) is 0. The van der Waals surface area contributed by atoms with Crippen molar-refractivity contribution in [2.45, 2.75) is 130 Å². The van der Waals surface area contributed by atoms with Crippen LogP contribution in [-0.2, 0) is 0 Å². The lowest BCUT2D eigenvalue weighted by atomic mass is 9.68. The molecule has 0 aliphatic heterocycles. The maximum absolute atomic E-state index is 14.4. The number of carbonyl (C=O) groups excluding carboxylic acids is 1. The van der Waals surface area contributed by atoms with E-state index in [4.69, 9.17) is 4.74 Å². The van der Waals surface area contributed by atoms with Gasteiger partial charge in [-0.3, -0.25) is 4.79 Å². The maximum Gasteiger partial charge on any atom is 0.168 e. The lowest BCUT2D eigenvalue weighted by Gasteiger charge is -2.38. The highest BCUT2D eigenvalue weighted by Gasteiger charge is 2.30. The molecule has 0 atom stereocenters. The van der Waals surface area contributed by atoms with Crippen molar-refractivity contribution in [3.8, 4) is 5.75 Å². The van der Waals surface area contributed by atoms with Gasteiger partial charge in [-0.25, -0.2) is 4.39 Å². The van der Waals surface area contributed by atoms with Crippen molar-refractivity contribution in [1.82, 2.24) is 0 Å². The molecule has 0 N–H and O–H groups in total. The van der Waals surface area contributed by atoms with E-state index in [9.17, 15) is 9.18 Å². The Morgan fingerprint density at radius 2 is 1.40 bits per heavy atom. The van der Waals surface area contributed by atoms with Crippen molar-refractivity contribution in [3.05, 3.63) is 29.1 Å². The molecule has 0 aromatic heterocycles. The zero-order valence-corrected chi connectivity index (χ0v) is 22.9. The lowest BCUT2D eigenvalue weighted by molar-refractivity contribution is 0.0978. The van der Waals surface area contributed by atoms with Gasteiger partial charge in [0, 0.05) is 12.0 Å². The van der Waals surface area contributed by atoms with Crippen LogP contribution in [-0.4, -0.2) is 12.4 Å². The zero-order chi connectivity index (χ0) is 25.0. The molecule has 3 rings (SSSR count). The van der Waals surface area contributed by atoms with E-state index in [0.29, 0.717) is 24.2 Å². The Morgan fingerprint density at radius 1 is 0.829 bits per heavy atom. The lowest BCUT2D eigenvalue weighted by Crippen LogP contribution is -2.25. The summed E-state index contributed by atoms with van der Waals surface area (Å²) >= 11 is 0. The first-order valence-corrected chi connectivity index (χ1v) is 15.0. The van der Waals surface area contributed by atoms with E-state index in [1.54, 1.807) is 19.1 Å². The minimum absolute atomic E-state index is 0.0556. The molecule has 0 bridgehead atoms. The molecular formula is C32H51FO2. The van der Waals surface area contributed by atoms with Crippen LogP contribution in [0.5, 0.6) is 5.75 Å². The van der Waals surface area contributed by atoms with Crippen molar-refractivity contribution in [2.75, 3.05) is 6.61 Å². The van der Waals surface area contributed by atoms with Gasteiger partial charge in [-0.15, -0.1) is 0 Å². The number of ether oxygens (including phenoxy) is 1. The topological polar surface area (TPSA) is 26.3 Å². The van der Waals surface area contributed by atoms with E-state index in [1.165, 1.54) is 89.9 Å². The molecule has 198 valence electrons. The van der Waals surface area contributed by atoms with Gasteiger partial charge >= 0.3 is 0 Å². The largest absolute Gasteiger partial charge is 0.491 e. The molecule has 0 spiro atoms. The number of carbonyl (C=O) groups is 1. The SMILES string of the molecule is CCCC1CCC(C2CCC(CCCCCCCC(=O)c3ccc(OCC)c(F)c3C)CC2)CC1. The summed E-state index contributed by atoms with van der Waals surface area (Å²) in [4.78, 5) is 12.6. The molecule has 0 radical (unpaired) electrons. The van der Waals surface area contributed by atoms with Crippen LogP contribution >= 0.6 is 0 Å². The number of hydrogen-bond acceptors (Lipinski definition) is 2. The quantitative estimate of drug-likeness (QED) is 0.193. The first-order chi connectivity index (χ1) is 17.0. The van der Waals surface area contributed by atoms with E-state index < -0.39 is 5.82 Å². The highest BCUT2D eigenvalue weighted by atomic mass is 19.1. The van der Waals surface area contributed by atoms with Crippen LogP contribution < -0.4 is 4.74 Å². The molecule has 2 fully saturated rings. The zero-order valence-electron chi connectivity index (χ0n) is 22.9. The summed E-state index contributed by atoms with van der Waals surface area (Å²) in [6, 6.07) is 3.31. The van der Waals surface area contributed by atoms with Crippen molar-refractivity contribution >= 4 is 5.78 Å². The third-order valence-corrected chi connectivity index (χ3v) is 9.11. The molecule has 1 aromatic rings. The van der Waals surface area contributed by atoms with Gasteiger partial charge in [0.05, 0.1) is 6.61 Å². The van der Waals surface area contributed by atoms with Crippen LogP contribution in [0.4, 0.5) is 4.39 Å². The normalized spacial score (nSPS) is 24.9. The van der Waals surface area contributed by atoms with E-state index >= 15 is 0 Å². The second-order valence-corrected chi connectivity index (χ2v) is 11.6. The van der Waals surface area contributed by atoms with Crippen LogP contribution in [0.1, 0.15) is 139 Å². The van der Waals surface area contributed by atoms with Crippen LogP contribution in [0.3, 0.4) is 0 Å². The number of ketones is 1. The number of hydrogen-bond donors (Lipinski definition) is 0. The number of benzene rings is 1. The fourth-order valence-electron chi connectivity index (χ4n) is 6.92. The molecule has 2 nitrogen and oxygen atoms in total. The molecule has 35 heavy (non-hydrogen) atoms. The molecular weight excluding hydrogens is 435 g/mol. The van der Waals surface area contributed by atoms with Crippen LogP contribution in [0.2, 0.25) is 0 Å². The highest BCUT2D eigenvalue weighted by molar-refractivity contribution is 5.97. The third-order valence-electron chi connectivity index (χ3n) is 9.11. The van der Waals surface area contributed by atoms with Gasteiger partial charge in [0.15, 0.2) is 17.3 Å². The molecule has 0 heterocycles. The summed E-state index contributed by atoms with van der Waals surface area (Å²) in [5.41, 5.74) is 0.926. The molecule has 2 aliphatic carbocycles. The van der Waals surface area contributed by atoms with Crippen molar-refractivity contribution < 1.29 is 13.9 Å².